The number of hydrogen-bond acceptors (Lipinski definition) is 6. The van der Waals surface area contributed by atoms with E-state index >= 15 is 0 Å². The predicted molar refractivity (Wildman–Crippen MR) is 165 cm³/mol. The number of aliphatic hydroxyl groups is 1. The lowest BCUT2D eigenvalue weighted by Crippen LogP contribution is -2.58. The Morgan fingerprint density at radius 3 is 2.40 bits per heavy atom. The molecule has 9 heteroatoms. The van der Waals surface area contributed by atoms with E-state index in [1.165, 1.54) is 4.90 Å². The molecule has 3 saturated heterocycles. The number of methoxy groups -OCH3 is 1. The lowest BCUT2D eigenvalue weighted by Gasteiger charge is -2.41. The van der Waals surface area contributed by atoms with Gasteiger partial charge in [0.15, 0.2) is 0 Å². The fourth-order valence-electron chi connectivity index (χ4n) is 7.19. The van der Waals surface area contributed by atoms with Gasteiger partial charge in [0.05, 0.1) is 30.3 Å². The number of hydrogen-bond donors (Lipinski definition) is 1. The van der Waals surface area contributed by atoms with Gasteiger partial charge in [0.2, 0.25) is 11.8 Å². The van der Waals surface area contributed by atoms with Crippen molar-refractivity contribution in [2.75, 3.05) is 38.3 Å². The van der Waals surface area contributed by atoms with Crippen LogP contribution in [0, 0.1) is 17.8 Å². The SMILES string of the molecule is C=CCN(Cc1ccccc1)C(=O)[C@@H]1[C@@H]2CC(C)C3(S2)C(C(=O)N(CC=C)c2ccc(OC)cc2)N(CCO)C(=O)[C@H]13. The maximum Gasteiger partial charge on any atom is 0.251 e. The maximum atomic E-state index is 14.6. The number of anilines is 1. The molecule has 0 aliphatic carbocycles. The zero-order valence-corrected chi connectivity index (χ0v) is 25.0. The van der Waals surface area contributed by atoms with E-state index in [0.29, 0.717) is 24.5 Å². The first-order valence-corrected chi connectivity index (χ1v) is 15.3. The molecule has 3 unspecified atom stereocenters. The number of amides is 3. The molecule has 3 aliphatic heterocycles. The van der Waals surface area contributed by atoms with E-state index in [4.69, 9.17) is 4.74 Å². The highest BCUT2D eigenvalue weighted by Gasteiger charge is 2.76. The van der Waals surface area contributed by atoms with E-state index in [-0.39, 0.29) is 48.6 Å². The molecule has 222 valence electrons. The third-order valence-corrected chi connectivity index (χ3v) is 11.0. The molecule has 0 radical (unpaired) electrons. The highest BCUT2D eigenvalue weighted by Crippen LogP contribution is 2.69. The zero-order valence-electron chi connectivity index (χ0n) is 24.2. The molecule has 2 aromatic carbocycles. The standard InChI is InChI=1S/C33H39N3O5S/c1-5-16-34(21-23-10-8-7-9-11-23)30(38)27-26-20-22(3)33(42-26)28(27)31(39)36(18-19-37)29(33)32(40)35(17-6-2)24-12-14-25(41-4)15-13-24/h5-15,22,26-29,37H,1-2,16-21H2,3-4H3/t22?,26-,27+,28-,29?,33?/m0/s1. The summed E-state index contributed by atoms with van der Waals surface area (Å²) in [4.78, 5) is 48.1. The summed E-state index contributed by atoms with van der Waals surface area (Å²) >= 11 is 1.63. The number of nitrogens with zero attached hydrogens (tertiary/aromatic N) is 3. The van der Waals surface area contributed by atoms with Crippen LogP contribution in [0.2, 0.25) is 0 Å². The van der Waals surface area contributed by atoms with Crippen LogP contribution in [0.25, 0.3) is 0 Å². The van der Waals surface area contributed by atoms with Crippen LogP contribution in [0.5, 0.6) is 5.75 Å². The van der Waals surface area contributed by atoms with Crippen LogP contribution < -0.4 is 9.64 Å². The number of fused-ring (bicyclic) bond motifs is 1. The van der Waals surface area contributed by atoms with Gasteiger partial charge in [-0.2, -0.15) is 0 Å². The van der Waals surface area contributed by atoms with Crippen molar-refractivity contribution in [2.24, 2.45) is 17.8 Å². The van der Waals surface area contributed by atoms with Gasteiger partial charge in [-0.05, 0) is 42.2 Å². The lowest BCUT2D eigenvalue weighted by atomic mass is 9.65. The summed E-state index contributed by atoms with van der Waals surface area (Å²) in [5.41, 5.74) is 1.66. The molecule has 2 bridgehead atoms. The molecule has 0 saturated carbocycles. The van der Waals surface area contributed by atoms with E-state index in [0.717, 1.165) is 12.0 Å². The van der Waals surface area contributed by atoms with E-state index < -0.39 is 22.6 Å². The van der Waals surface area contributed by atoms with Crippen LogP contribution in [0.4, 0.5) is 5.69 Å². The minimum absolute atomic E-state index is 0.0200. The monoisotopic (exact) mass is 589 g/mol. The summed E-state index contributed by atoms with van der Waals surface area (Å²) in [6.45, 7) is 10.6. The largest absolute Gasteiger partial charge is 0.497 e. The maximum absolute atomic E-state index is 14.6. The Morgan fingerprint density at radius 1 is 1.10 bits per heavy atom. The molecule has 3 heterocycles. The van der Waals surface area contributed by atoms with Crippen molar-refractivity contribution in [3.05, 3.63) is 85.5 Å². The molecule has 1 N–H and O–H groups in total. The molecular weight excluding hydrogens is 550 g/mol. The Balaban J connectivity index is 1.53. The Kier molecular flexibility index (Phi) is 8.80. The summed E-state index contributed by atoms with van der Waals surface area (Å²) in [5, 5.41) is 9.93. The van der Waals surface area contributed by atoms with Gasteiger partial charge in [0.1, 0.15) is 11.8 Å². The minimum atomic E-state index is -0.825. The minimum Gasteiger partial charge on any atom is -0.497 e. The average Bonchev–Trinajstić information content (AvgIpc) is 3.59. The van der Waals surface area contributed by atoms with Crippen molar-refractivity contribution in [1.82, 2.24) is 9.80 Å². The molecule has 0 aromatic heterocycles. The molecular formula is C33H39N3O5S. The molecule has 3 aliphatic rings. The summed E-state index contributed by atoms with van der Waals surface area (Å²) < 4.78 is 4.52. The van der Waals surface area contributed by atoms with Crippen LogP contribution in [-0.4, -0.2) is 82.0 Å². The van der Waals surface area contributed by atoms with Gasteiger partial charge >= 0.3 is 0 Å². The van der Waals surface area contributed by atoms with Crippen LogP contribution in [0.15, 0.2) is 79.9 Å². The Labute approximate surface area is 252 Å². The van der Waals surface area contributed by atoms with Gasteiger partial charge in [-0.15, -0.1) is 24.9 Å². The highest BCUT2D eigenvalue weighted by molar-refractivity contribution is 8.02. The number of β-amino-alcohol motifs (C(OH)–C–C–N with tert-alkyl or cyclic N) is 1. The Hall–Kier alpha value is -3.56. The first kappa shape index (κ1) is 29.9. The topological polar surface area (TPSA) is 90.4 Å². The average molecular weight is 590 g/mol. The fraction of sp³-hybridized carbons (Fsp3) is 0.424. The summed E-state index contributed by atoms with van der Waals surface area (Å²) in [6.07, 6.45) is 4.11. The van der Waals surface area contributed by atoms with E-state index in [2.05, 4.69) is 20.1 Å². The molecule has 3 amide bonds. The normalized spacial score (nSPS) is 27.5. The van der Waals surface area contributed by atoms with Gasteiger partial charge < -0.3 is 24.5 Å². The van der Waals surface area contributed by atoms with Gasteiger partial charge in [0.25, 0.3) is 5.91 Å². The molecule has 1 spiro atoms. The number of aliphatic hydroxyl groups excluding tert-OH is 1. The number of rotatable bonds is 12. The molecule has 6 atom stereocenters. The second-order valence-electron chi connectivity index (χ2n) is 11.2. The first-order valence-electron chi connectivity index (χ1n) is 14.4. The van der Waals surface area contributed by atoms with E-state index in [9.17, 15) is 19.5 Å². The quantitative estimate of drug-likeness (QED) is 0.380. The lowest BCUT2D eigenvalue weighted by molar-refractivity contribution is -0.144. The number of carbonyl (C=O) groups is 3. The predicted octanol–water partition coefficient (Wildman–Crippen LogP) is 3.76. The summed E-state index contributed by atoms with van der Waals surface area (Å²) in [5.74, 6) is -1.08. The third kappa shape index (κ3) is 4.92. The van der Waals surface area contributed by atoms with Crippen LogP contribution in [0.3, 0.4) is 0 Å². The number of likely N-dealkylation sites (tertiary alicyclic amines) is 1. The smallest absolute Gasteiger partial charge is 0.251 e. The van der Waals surface area contributed by atoms with Gasteiger partial charge in [-0.3, -0.25) is 14.4 Å². The number of benzene rings is 2. The van der Waals surface area contributed by atoms with Crippen molar-refractivity contribution >= 4 is 35.2 Å². The fourth-order valence-corrected chi connectivity index (χ4v) is 9.60. The van der Waals surface area contributed by atoms with E-state index in [1.807, 2.05) is 42.5 Å². The summed E-state index contributed by atoms with van der Waals surface area (Å²) in [7, 11) is 1.58. The molecule has 42 heavy (non-hydrogen) atoms. The van der Waals surface area contributed by atoms with Crippen LogP contribution in [-0.2, 0) is 20.9 Å². The second kappa shape index (κ2) is 12.4. The van der Waals surface area contributed by atoms with Gasteiger partial charge in [-0.25, -0.2) is 0 Å². The molecule has 3 fully saturated rings. The number of ether oxygens (including phenoxy) is 1. The van der Waals surface area contributed by atoms with Crippen molar-refractivity contribution in [2.45, 2.75) is 35.9 Å². The van der Waals surface area contributed by atoms with Gasteiger partial charge in [0, 0.05) is 37.1 Å². The number of thioether (sulfide) groups is 1. The summed E-state index contributed by atoms with van der Waals surface area (Å²) in [6, 6.07) is 16.2. The van der Waals surface area contributed by atoms with Crippen molar-refractivity contribution < 1.29 is 24.2 Å². The van der Waals surface area contributed by atoms with Crippen molar-refractivity contribution in [1.29, 1.82) is 0 Å². The van der Waals surface area contributed by atoms with Crippen molar-refractivity contribution in [3.63, 3.8) is 0 Å². The molecule has 5 rings (SSSR count). The zero-order chi connectivity index (χ0) is 30.0. The van der Waals surface area contributed by atoms with E-state index in [1.54, 1.807) is 53.0 Å². The third-order valence-electron chi connectivity index (χ3n) is 8.94. The highest BCUT2D eigenvalue weighted by atomic mass is 32.2. The second-order valence-corrected chi connectivity index (χ2v) is 12.8. The molecule has 2 aromatic rings. The number of carbonyl (C=O) groups excluding carboxylic acids is 3. The Morgan fingerprint density at radius 2 is 1.79 bits per heavy atom. The molecule has 8 nitrogen and oxygen atoms in total. The van der Waals surface area contributed by atoms with Crippen LogP contribution >= 0.6 is 11.8 Å². The van der Waals surface area contributed by atoms with Gasteiger partial charge in [-0.1, -0.05) is 49.4 Å². The first-order chi connectivity index (χ1) is 20.3. The van der Waals surface area contributed by atoms with Crippen molar-refractivity contribution in [3.8, 4) is 5.75 Å². The Bertz CT molecular complexity index is 1330. The van der Waals surface area contributed by atoms with Crippen LogP contribution in [0.1, 0.15) is 18.9 Å².